The van der Waals surface area contributed by atoms with Gasteiger partial charge in [-0.05, 0) is 58.3 Å². The minimum absolute atomic E-state index is 0.0556. The predicted octanol–water partition coefficient (Wildman–Crippen LogP) is 0.975. The number of Topliss-reactive ketones (excluding diaryl/α,β-unsaturated/α-hetero) is 2. The van der Waals surface area contributed by atoms with E-state index >= 15 is 0 Å². The van der Waals surface area contributed by atoms with Gasteiger partial charge < -0.3 is 30.6 Å². The van der Waals surface area contributed by atoms with E-state index in [1.165, 1.54) is 51.2 Å². The van der Waals surface area contributed by atoms with Crippen LogP contribution in [0.5, 0.6) is 5.75 Å². The van der Waals surface area contributed by atoms with Crippen LogP contribution in [0.1, 0.15) is 28.9 Å². The Bertz CT molecular complexity index is 1700. The number of furan rings is 1. The van der Waals surface area contributed by atoms with Crippen LogP contribution in [0.15, 0.2) is 44.6 Å². The highest BCUT2D eigenvalue weighted by atomic mass is 32.2. The third-order valence-electron chi connectivity index (χ3n) is 8.20. The molecule has 2 aromatic rings. The second kappa shape index (κ2) is 9.19. The number of carbonyl (C=O) groups excluding carboxylic acids is 3. The molecule has 0 unspecified atom stereocenters. The van der Waals surface area contributed by atoms with Crippen LogP contribution < -0.4 is 10.5 Å². The van der Waals surface area contributed by atoms with Gasteiger partial charge in [-0.2, -0.15) is 0 Å². The van der Waals surface area contributed by atoms with E-state index in [-0.39, 0.29) is 40.3 Å². The van der Waals surface area contributed by atoms with Gasteiger partial charge in [-0.25, -0.2) is 8.42 Å². The highest BCUT2D eigenvalue weighted by Gasteiger charge is 2.64. The largest absolute Gasteiger partial charge is 0.508 e. The van der Waals surface area contributed by atoms with Crippen molar-refractivity contribution in [3.8, 4) is 5.75 Å². The fraction of sp³-hybridized carbons (Fsp3) is 0.370. The van der Waals surface area contributed by atoms with E-state index in [1.54, 1.807) is 0 Å². The minimum Gasteiger partial charge on any atom is -0.508 e. The molecule has 1 aromatic heterocycles. The van der Waals surface area contributed by atoms with Crippen LogP contribution >= 0.6 is 0 Å². The number of primary amides is 1. The Balaban J connectivity index is 1.64. The predicted molar refractivity (Wildman–Crippen MR) is 143 cm³/mol. The fourth-order valence-electron chi connectivity index (χ4n) is 6.46. The summed E-state index contributed by atoms with van der Waals surface area (Å²) in [6, 6.07) is 1.61. The number of anilines is 1. The van der Waals surface area contributed by atoms with E-state index < -0.39 is 73.8 Å². The Labute approximate surface area is 234 Å². The molecule has 1 aromatic carbocycles. The van der Waals surface area contributed by atoms with Crippen molar-refractivity contribution in [2.24, 2.45) is 17.6 Å². The molecule has 0 aliphatic heterocycles. The molecule has 1 saturated carbocycles. The van der Waals surface area contributed by atoms with E-state index in [4.69, 9.17) is 10.2 Å². The number of aromatic hydroxyl groups is 1. The van der Waals surface area contributed by atoms with Crippen LogP contribution in [0, 0.1) is 25.7 Å². The van der Waals surface area contributed by atoms with Crippen LogP contribution in [0.25, 0.3) is 5.76 Å². The van der Waals surface area contributed by atoms with Crippen molar-refractivity contribution in [3.63, 3.8) is 0 Å². The SMILES string of the molecule is Cc1coc(C)c1S(=O)(=O)Nc1ccc2c(c1O)C(O)=C1C(=O)[C@@]3(O)C(O)=C(C(N)=O)C(=O)[C@H](N(C)C)[C@H]3C[C@H]1C2. The Morgan fingerprint density at radius 3 is 2.39 bits per heavy atom. The topological polar surface area (TPSA) is 221 Å². The third kappa shape index (κ3) is 3.89. The second-order valence-electron chi connectivity index (χ2n) is 10.9. The zero-order valence-electron chi connectivity index (χ0n) is 22.5. The average Bonchev–Trinajstić information content (AvgIpc) is 3.21. The highest BCUT2D eigenvalue weighted by molar-refractivity contribution is 7.92. The summed E-state index contributed by atoms with van der Waals surface area (Å²) in [5, 5.41) is 45.0. The number of ketones is 2. The number of sulfonamides is 1. The lowest BCUT2D eigenvalue weighted by Crippen LogP contribution is -2.65. The maximum atomic E-state index is 13.9. The fourth-order valence-corrected chi connectivity index (χ4v) is 7.91. The number of hydrogen-bond acceptors (Lipinski definition) is 11. The number of amides is 1. The first-order valence-corrected chi connectivity index (χ1v) is 14.1. The molecule has 14 heteroatoms. The number of aliphatic hydroxyl groups excluding tert-OH is 2. The molecule has 1 heterocycles. The molecule has 218 valence electrons. The van der Waals surface area contributed by atoms with Gasteiger partial charge in [0.15, 0.2) is 17.1 Å². The number of phenols is 1. The van der Waals surface area contributed by atoms with E-state index in [2.05, 4.69) is 4.72 Å². The molecule has 3 aliphatic carbocycles. The lowest BCUT2D eigenvalue weighted by atomic mass is 9.57. The van der Waals surface area contributed by atoms with Crippen LogP contribution in [0.2, 0.25) is 0 Å². The first-order valence-electron chi connectivity index (χ1n) is 12.6. The van der Waals surface area contributed by atoms with Crippen molar-refractivity contribution in [1.82, 2.24) is 4.90 Å². The van der Waals surface area contributed by atoms with E-state index in [9.17, 15) is 43.2 Å². The van der Waals surface area contributed by atoms with Gasteiger partial charge in [0.2, 0.25) is 5.78 Å². The molecule has 0 spiro atoms. The maximum absolute atomic E-state index is 13.9. The number of rotatable bonds is 5. The zero-order chi connectivity index (χ0) is 30.3. The number of benzene rings is 1. The van der Waals surface area contributed by atoms with Gasteiger partial charge in [0.25, 0.3) is 15.9 Å². The summed E-state index contributed by atoms with van der Waals surface area (Å²) in [6.07, 6.45) is 1.29. The first kappa shape index (κ1) is 28.4. The smallest absolute Gasteiger partial charge is 0.265 e. The summed E-state index contributed by atoms with van der Waals surface area (Å²) in [5.41, 5.74) is 1.50. The molecule has 3 aliphatic rings. The molecule has 13 nitrogen and oxygen atoms in total. The van der Waals surface area contributed by atoms with Crippen molar-refractivity contribution >= 4 is 38.9 Å². The van der Waals surface area contributed by atoms with Gasteiger partial charge >= 0.3 is 0 Å². The normalized spacial score (nSPS) is 26.1. The summed E-state index contributed by atoms with van der Waals surface area (Å²) in [5.74, 6) is -7.72. The lowest BCUT2D eigenvalue weighted by Gasteiger charge is -2.50. The number of fused-ring (bicyclic) bond motifs is 3. The molecule has 5 rings (SSSR count). The molecule has 0 saturated heterocycles. The lowest BCUT2D eigenvalue weighted by molar-refractivity contribution is -0.153. The van der Waals surface area contributed by atoms with E-state index in [1.807, 2.05) is 0 Å². The second-order valence-corrected chi connectivity index (χ2v) is 12.5. The van der Waals surface area contributed by atoms with Crippen molar-refractivity contribution in [2.45, 2.75) is 43.2 Å². The number of hydrogen-bond donors (Lipinski definition) is 6. The number of nitrogens with one attached hydrogen (secondary N) is 1. The van der Waals surface area contributed by atoms with Gasteiger partial charge in [-0.15, -0.1) is 0 Å². The van der Waals surface area contributed by atoms with Gasteiger partial charge in [0.05, 0.1) is 23.6 Å². The Morgan fingerprint density at radius 2 is 1.83 bits per heavy atom. The molecular weight excluding hydrogens is 558 g/mol. The van der Waals surface area contributed by atoms with Crippen molar-refractivity contribution in [1.29, 1.82) is 0 Å². The summed E-state index contributed by atoms with van der Waals surface area (Å²) in [6.45, 7) is 3.00. The quantitative estimate of drug-likeness (QED) is 0.214. The standard InChI is InChI=1S/C27H29N3O10S/c1-10-9-40-11(2)23(10)41(38,39)29-15-6-5-12-7-13-8-14-19(30(3)4)22(33)18(26(28)36)25(35)27(14,37)24(34)17(13)21(32)16(12)20(15)31/h5-6,9,13-14,19,29,31-32,35,37H,7-8H2,1-4H3,(H2,28,36)/t13-,14-,19-,27-/m1/s1. The summed E-state index contributed by atoms with van der Waals surface area (Å²) in [4.78, 5) is 40.4. The average molecular weight is 588 g/mol. The molecule has 4 atom stereocenters. The molecule has 1 amide bonds. The maximum Gasteiger partial charge on any atom is 0.265 e. The molecule has 7 N–H and O–H groups in total. The highest BCUT2D eigenvalue weighted by Crippen LogP contribution is 2.53. The summed E-state index contributed by atoms with van der Waals surface area (Å²) in [7, 11) is -1.20. The first-order chi connectivity index (χ1) is 19.0. The Hall–Kier alpha value is -4.14. The van der Waals surface area contributed by atoms with Crippen molar-refractivity contribution in [2.75, 3.05) is 18.8 Å². The molecule has 41 heavy (non-hydrogen) atoms. The number of likely N-dealkylation sites (N-methyl/N-ethyl adjacent to an activating group) is 1. The summed E-state index contributed by atoms with van der Waals surface area (Å²) < 4.78 is 33.6. The Morgan fingerprint density at radius 1 is 1.17 bits per heavy atom. The van der Waals surface area contributed by atoms with E-state index in [0.717, 1.165) is 0 Å². The number of phenolic OH excluding ortho intramolecular Hbond substituents is 1. The van der Waals surface area contributed by atoms with Crippen molar-refractivity contribution in [3.05, 3.63) is 57.8 Å². The van der Waals surface area contributed by atoms with Crippen molar-refractivity contribution < 1.29 is 47.6 Å². The van der Waals surface area contributed by atoms with Gasteiger partial charge in [-0.3, -0.25) is 24.0 Å². The van der Waals surface area contributed by atoms with Crippen LogP contribution in [-0.4, -0.2) is 77.0 Å². The van der Waals surface area contributed by atoms with Gasteiger partial charge in [0, 0.05) is 17.1 Å². The van der Waals surface area contributed by atoms with Gasteiger partial charge in [-0.1, -0.05) is 6.07 Å². The van der Waals surface area contributed by atoms with E-state index in [0.29, 0.717) is 11.1 Å². The Kier molecular flexibility index (Phi) is 6.36. The van der Waals surface area contributed by atoms with Crippen LogP contribution in [-0.2, 0) is 30.8 Å². The monoisotopic (exact) mass is 587 g/mol. The molecule has 1 fully saturated rings. The minimum atomic E-state index is -4.23. The van der Waals surface area contributed by atoms with Gasteiger partial charge in [0.1, 0.15) is 27.7 Å². The van der Waals surface area contributed by atoms with Crippen LogP contribution in [0.4, 0.5) is 5.69 Å². The zero-order valence-corrected chi connectivity index (χ0v) is 23.4. The molecule has 0 bridgehead atoms. The van der Waals surface area contributed by atoms with Crippen LogP contribution in [0.3, 0.4) is 0 Å². The molecular formula is C27H29N3O10S. The number of carbonyl (C=O) groups is 3. The number of nitrogens with two attached hydrogens (primary N) is 1. The number of aliphatic hydroxyl groups is 3. The summed E-state index contributed by atoms with van der Waals surface area (Å²) >= 11 is 0. The third-order valence-corrected chi connectivity index (χ3v) is 9.83. The number of aryl methyl sites for hydroxylation is 2. The number of nitrogens with zero attached hydrogens (tertiary/aromatic N) is 1. The molecule has 0 radical (unpaired) electrons.